The first-order valence-electron chi connectivity index (χ1n) is 10.2. The number of nitrogen functional groups attached to an aromatic ring is 1. The highest BCUT2D eigenvalue weighted by atomic mass is 35.5. The lowest BCUT2D eigenvalue weighted by Crippen LogP contribution is -2.13. The van der Waals surface area contributed by atoms with Crippen LogP contribution in [0, 0.1) is 6.92 Å². The number of carbonyl (C=O) groups is 1. The van der Waals surface area contributed by atoms with E-state index in [1.807, 2.05) is 31.2 Å². The first kappa shape index (κ1) is 21.9. The summed E-state index contributed by atoms with van der Waals surface area (Å²) in [5, 5.41) is 10.3. The Bertz CT molecular complexity index is 1570. The van der Waals surface area contributed by atoms with E-state index in [-0.39, 0.29) is 5.91 Å². The van der Waals surface area contributed by atoms with Gasteiger partial charge < -0.3 is 21.1 Å². The van der Waals surface area contributed by atoms with E-state index in [2.05, 4.69) is 25.6 Å². The Hall–Kier alpha value is -3.95. The van der Waals surface area contributed by atoms with Crippen molar-refractivity contribution in [1.82, 2.24) is 15.0 Å². The van der Waals surface area contributed by atoms with Gasteiger partial charge in [0.2, 0.25) is 0 Å². The summed E-state index contributed by atoms with van der Waals surface area (Å²) in [5.74, 6) is 1.28. The molecule has 0 aliphatic rings. The number of methoxy groups -OCH3 is 1. The summed E-state index contributed by atoms with van der Waals surface area (Å²) in [5.41, 5.74) is 9.30. The minimum absolute atomic E-state index is 0.270. The van der Waals surface area contributed by atoms with Gasteiger partial charge in [0.1, 0.15) is 23.7 Å². The lowest BCUT2D eigenvalue weighted by atomic mass is 10.0. The van der Waals surface area contributed by atoms with Crippen LogP contribution in [0.1, 0.15) is 15.9 Å². The number of nitrogens with two attached hydrogens (primary N) is 1. The largest absolute Gasteiger partial charge is 0.495 e. The van der Waals surface area contributed by atoms with E-state index in [4.69, 9.17) is 22.1 Å². The minimum Gasteiger partial charge on any atom is -0.495 e. The molecule has 2 aromatic carbocycles. The van der Waals surface area contributed by atoms with Crippen molar-refractivity contribution < 1.29 is 9.53 Å². The summed E-state index contributed by atoms with van der Waals surface area (Å²) in [6, 6.07) is 11.2. The average Bonchev–Trinajstić information content (AvgIpc) is 3.28. The summed E-state index contributed by atoms with van der Waals surface area (Å²) < 4.78 is 6.00. The molecular weight excluding hydrogens is 472 g/mol. The number of hydrogen-bond donors (Lipinski definition) is 3. The molecule has 0 radical (unpaired) electrons. The van der Waals surface area contributed by atoms with Crippen LogP contribution >= 0.6 is 22.9 Å². The number of pyridine rings is 1. The predicted molar refractivity (Wildman–Crippen MR) is 138 cm³/mol. The zero-order chi connectivity index (χ0) is 23.8. The normalized spacial score (nSPS) is 11.0. The summed E-state index contributed by atoms with van der Waals surface area (Å²) >= 11 is 7.49. The fourth-order valence-corrected chi connectivity index (χ4v) is 4.81. The molecule has 1 amide bonds. The van der Waals surface area contributed by atoms with Crippen LogP contribution in [-0.4, -0.2) is 28.0 Å². The highest BCUT2D eigenvalue weighted by Crippen LogP contribution is 2.35. The van der Waals surface area contributed by atoms with Crippen molar-refractivity contribution in [3.05, 3.63) is 70.5 Å². The van der Waals surface area contributed by atoms with Crippen LogP contribution in [-0.2, 0) is 0 Å². The molecule has 0 saturated heterocycles. The molecular formula is C24H19ClN6O2S. The Morgan fingerprint density at radius 3 is 2.79 bits per heavy atom. The number of anilines is 4. The number of rotatable bonds is 5. The van der Waals surface area contributed by atoms with E-state index in [1.165, 1.54) is 17.7 Å². The molecule has 0 saturated carbocycles. The lowest BCUT2D eigenvalue weighted by molar-refractivity contribution is 0.102. The minimum atomic E-state index is -0.270. The molecule has 0 bridgehead atoms. The second-order valence-corrected chi connectivity index (χ2v) is 8.81. The van der Waals surface area contributed by atoms with E-state index >= 15 is 0 Å². The molecule has 5 aromatic rings. The first-order valence-corrected chi connectivity index (χ1v) is 11.5. The maximum atomic E-state index is 13.2. The van der Waals surface area contributed by atoms with Gasteiger partial charge in [-0.2, -0.15) is 0 Å². The molecule has 0 atom stereocenters. The van der Waals surface area contributed by atoms with Crippen LogP contribution in [0.15, 0.2) is 54.3 Å². The summed E-state index contributed by atoms with van der Waals surface area (Å²) in [4.78, 5) is 26.0. The summed E-state index contributed by atoms with van der Waals surface area (Å²) in [6.45, 7) is 1.94. The van der Waals surface area contributed by atoms with Gasteiger partial charge in [-0.1, -0.05) is 23.7 Å². The summed E-state index contributed by atoms with van der Waals surface area (Å²) in [6.07, 6.45) is 3.06. The van der Waals surface area contributed by atoms with Crippen molar-refractivity contribution in [1.29, 1.82) is 0 Å². The van der Waals surface area contributed by atoms with E-state index in [1.54, 1.807) is 30.8 Å². The number of carbonyl (C=O) groups excluding carboxylic acids is 1. The molecule has 8 nitrogen and oxygen atoms in total. The SMILES string of the molecule is COc1cc(Nc2nccc3c(NC(=O)c4csc5c(N)ncnc45)c(C)ccc23)ccc1Cl. The number of halogens is 1. The van der Waals surface area contributed by atoms with Gasteiger partial charge in [0, 0.05) is 34.1 Å². The molecule has 34 heavy (non-hydrogen) atoms. The van der Waals surface area contributed by atoms with Crippen LogP contribution < -0.4 is 21.1 Å². The van der Waals surface area contributed by atoms with Gasteiger partial charge >= 0.3 is 0 Å². The standard InChI is InChI=1S/C24H19ClN6O2S/c1-12-3-5-15-14(7-8-27-23(15)30-13-4-6-17(25)18(9-13)33-2)19(12)31-24(32)16-10-34-21-20(16)28-11-29-22(21)26/h3-11H,1-2H3,(H,27,30)(H,31,32)(H2,26,28,29). The fourth-order valence-electron chi connectivity index (χ4n) is 3.71. The van der Waals surface area contributed by atoms with Crippen LogP contribution in [0.4, 0.5) is 23.0 Å². The third-order valence-corrected chi connectivity index (χ3v) is 6.74. The second-order valence-electron chi connectivity index (χ2n) is 7.53. The van der Waals surface area contributed by atoms with Crippen LogP contribution in [0.2, 0.25) is 5.02 Å². The smallest absolute Gasteiger partial charge is 0.258 e. The number of nitrogens with zero attached hydrogens (tertiary/aromatic N) is 3. The van der Waals surface area contributed by atoms with Gasteiger partial charge in [0.05, 0.1) is 33.6 Å². The Morgan fingerprint density at radius 1 is 1.12 bits per heavy atom. The van der Waals surface area contributed by atoms with E-state index < -0.39 is 0 Å². The van der Waals surface area contributed by atoms with Gasteiger partial charge in [-0.3, -0.25) is 4.79 Å². The highest BCUT2D eigenvalue weighted by Gasteiger charge is 2.18. The van der Waals surface area contributed by atoms with Gasteiger partial charge in [-0.15, -0.1) is 11.3 Å². The number of ether oxygens (including phenoxy) is 1. The van der Waals surface area contributed by atoms with Crippen LogP contribution in [0.3, 0.4) is 0 Å². The number of hydrogen-bond acceptors (Lipinski definition) is 8. The first-order chi connectivity index (χ1) is 16.5. The average molecular weight is 491 g/mol. The fraction of sp³-hybridized carbons (Fsp3) is 0.0833. The molecule has 0 aliphatic heterocycles. The Morgan fingerprint density at radius 2 is 1.97 bits per heavy atom. The monoisotopic (exact) mass is 490 g/mol. The van der Waals surface area contributed by atoms with Crippen LogP contribution in [0.5, 0.6) is 5.75 Å². The molecule has 0 fully saturated rings. The molecule has 3 heterocycles. The van der Waals surface area contributed by atoms with Gasteiger partial charge in [-0.25, -0.2) is 15.0 Å². The van der Waals surface area contributed by atoms with E-state index in [9.17, 15) is 4.79 Å². The zero-order valence-electron chi connectivity index (χ0n) is 18.2. The number of amides is 1. The van der Waals surface area contributed by atoms with Crippen molar-refractivity contribution in [3.8, 4) is 5.75 Å². The zero-order valence-corrected chi connectivity index (χ0v) is 19.8. The second kappa shape index (κ2) is 8.77. The number of aryl methyl sites for hydroxylation is 1. The third-order valence-electron chi connectivity index (χ3n) is 5.43. The lowest BCUT2D eigenvalue weighted by Gasteiger charge is -2.15. The predicted octanol–water partition coefficient (Wildman–Crippen LogP) is 5.79. The van der Waals surface area contributed by atoms with E-state index in [0.717, 1.165) is 22.0 Å². The molecule has 10 heteroatoms. The Balaban J connectivity index is 1.53. The number of nitrogens with one attached hydrogen (secondary N) is 2. The number of thiophene rings is 1. The van der Waals surface area contributed by atoms with Crippen molar-refractivity contribution in [2.75, 3.05) is 23.5 Å². The molecule has 4 N–H and O–H groups in total. The maximum absolute atomic E-state index is 13.2. The van der Waals surface area contributed by atoms with Crippen molar-refractivity contribution in [3.63, 3.8) is 0 Å². The van der Waals surface area contributed by atoms with Gasteiger partial charge in [0.25, 0.3) is 5.91 Å². The number of benzene rings is 2. The van der Waals surface area contributed by atoms with Gasteiger partial charge in [-0.05, 0) is 30.7 Å². The third kappa shape index (κ3) is 3.85. The molecule has 3 aromatic heterocycles. The topological polar surface area (TPSA) is 115 Å². The van der Waals surface area contributed by atoms with Crippen molar-refractivity contribution in [2.45, 2.75) is 6.92 Å². The highest BCUT2D eigenvalue weighted by molar-refractivity contribution is 7.18. The van der Waals surface area contributed by atoms with Crippen LogP contribution in [0.25, 0.3) is 21.0 Å². The number of fused-ring (bicyclic) bond motifs is 2. The summed E-state index contributed by atoms with van der Waals surface area (Å²) in [7, 11) is 1.57. The maximum Gasteiger partial charge on any atom is 0.258 e. The molecule has 170 valence electrons. The van der Waals surface area contributed by atoms with Crippen molar-refractivity contribution in [2.24, 2.45) is 0 Å². The van der Waals surface area contributed by atoms with Gasteiger partial charge in [0.15, 0.2) is 0 Å². The molecule has 5 rings (SSSR count). The Labute approximate surface area is 203 Å². The molecule has 0 spiro atoms. The van der Waals surface area contributed by atoms with Crippen molar-refractivity contribution >= 4 is 72.8 Å². The number of aromatic nitrogens is 3. The molecule has 0 aliphatic carbocycles. The quantitative estimate of drug-likeness (QED) is 0.285. The molecule has 0 unspecified atom stereocenters. The van der Waals surface area contributed by atoms with E-state index in [0.29, 0.717) is 43.9 Å². The Kier molecular flexibility index (Phi) is 5.64.